The van der Waals surface area contributed by atoms with Crippen molar-refractivity contribution in [2.75, 3.05) is 6.54 Å². The summed E-state index contributed by atoms with van der Waals surface area (Å²) < 4.78 is 0. The SMILES string of the molecule is CCN1C=NC2C=CC=CC2C1=O. The molecule has 0 fully saturated rings. The van der Waals surface area contributed by atoms with E-state index in [2.05, 4.69) is 4.99 Å². The molecule has 3 nitrogen and oxygen atoms in total. The zero-order valence-electron chi connectivity index (χ0n) is 7.55. The summed E-state index contributed by atoms with van der Waals surface area (Å²) in [6.45, 7) is 2.65. The summed E-state index contributed by atoms with van der Waals surface area (Å²) in [6, 6.07) is 0.0281. The minimum Gasteiger partial charge on any atom is -0.303 e. The quantitative estimate of drug-likeness (QED) is 0.586. The van der Waals surface area contributed by atoms with E-state index >= 15 is 0 Å². The lowest BCUT2D eigenvalue weighted by Crippen LogP contribution is -2.43. The summed E-state index contributed by atoms with van der Waals surface area (Å²) in [5.74, 6) is 0.0815. The average molecular weight is 176 g/mol. The Hall–Kier alpha value is -1.38. The molecule has 2 unspecified atom stereocenters. The molecule has 0 aromatic heterocycles. The largest absolute Gasteiger partial charge is 0.303 e. The molecule has 68 valence electrons. The molecule has 0 saturated heterocycles. The molecule has 2 aliphatic rings. The van der Waals surface area contributed by atoms with Crippen molar-refractivity contribution in [3.8, 4) is 0 Å². The van der Waals surface area contributed by atoms with Crippen LogP contribution in [0.5, 0.6) is 0 Å². The maximum Gasteiger partial charge on any atom is 0.237 e. The first-order valence-electron chi connectivity index (χ1n) is 4.51. The topological polar surface area (TPSA) is 32.7 Å². The van der Waals surface area contributed by atoms with E-state index in [-0.39, 0.29) is 17.9 Å². The lowest BCUT2D eigenvalue weighted by molar-refractivity contribution is -0.130. The Morgan fingerprint density at radius 1 is 1.46 bits per heavy atom. The zero-order valence-corrected chi connectivity index (χ0v) is 7.55. The summed E-state index contributed by atoms with van der Waals surface area (Å²) in [5, 5.41) is 0. The van der Waals surface area contributed by atoms with Crippen molar-refractivity contribution in [2.24, 2.45) is 10.9 Å². The van der Waals surface area contributed by atoms with E-state index in [4.69, 9.17) is 0 Å². The van der Waals surface area contributed by atoms with Crippen molar-refractivity contribution in [1.82, 2.24) is 4.90 Å². The number of carbonyl (C=O) groups is 1. The average Bonchev–Trinajstić information content (AvgIpc) is 2.19. The summed E-state index contributed by atoms with van der Waals surface area (Å²) in [6.07, 6.45) is 9.38. The van der Waals surface area contributed by atoms with Gasteiger partial charge >= 0.3 is 0 Å². The van der Waals surface area contributed by atoms with Gasteiger partial charge in [-0.3, -0.25) is 9.79 Å². The molecule has 0 saturated carbocycles. The lowest BCUT2D eigenvalue weighted by Gasteiger charge is -2.29. The van der Waals surface area contributed by atoms with Crippen LogP contribution in [-0.4, -0.2) is 29.7 Å². The third-order valence-corrected chi connectivity index (χ3v) is 2.39. The molecule has 3 heteroatoms. The van der Waals surface area contributed by atoms with E-state index in [1.165, 1.54) is 0 Å². The van der Waals surface area contributed by atoms with E-state index in [9.17, 15) is 4.79 Å². The summed E-state index contributed by atoms with van der Waals surface area (Å²) in [4.78, 5) is 17.7. The summed E-state index contributed by atoms with van der Waals surface area (Å²) in [5.41, 5.74) is 0. The van der Waals surface area contributed by atoms with Crippen molar-refractivity contribution in [1.29, 1.82) is 0 Å². The first kappa shape index (κ1) is 8.23. The molecule has 0 spiro atoms. The maximum absolute atomic E-state index is 11.7. The number of fused-ring (bicyclic) bond motifs is 1. The van der Waals surface area contributed by atoms with Crippen molar-refractivity contribution < 1.29 is 4.79 Å². The Morgan fingerprint density at radius 2 is 2.23 bits per heavy atom. The number of aliphatic imine (C=N–C) groups is 1. The van der Waals surface area contributed by atoms with Crippen LogP contribution in [0.1, 0.15) is 6.92 Å². The fourth-order valence-electron chi connectivity index (χ4n) is 1.61. The number of hydrogen-bond donors (Lipinski definition) is 0. The van der Waals surface area contributed by atoms with E-state index in [0.29, 0.717) is 6.54 Å². The van der Waals surface area contributed by atoms with Gasteiger partial charge in [0.25, 0.3) is 0 Å². The molecular weight excluding hydrogens is 164 g/mol. The van der Waals surface area contributed by atoms with E-state index in [1.54, 1.807) is 11.2 Å². The number of nitrogens with zero attached hydrogens (tertiary/aromatic N) is 2. The number of hydrogen-bond acceptors (Lipinski definition) is 2. The smallest absolute Gasteiger partial charge is 0.237 e. The van der Waals surface area contributed by atoms with Gasteiger partial charge in [-0.2, -0.15) is 0 Å². The first-order chi connectivity index (χ1) is 6.33. The molecule has 1 aliphatic heterocycles. The van der Waals surface area contributed by atoms with Crippen LogP contribution in [0, 0.1) is 5.92 Å². The van der Waals surface area contributed by atoms with Crippen LogP contribution >= 0.6 is 0 Å². The predicted octanol–water partition coefficient (Wildman–Crippen LogP) is 0.988. The molecule has 1 aliphatic carbocycles. The Labute approximate surface area is 77.4 Å². The van der Waals surface area contributed by atoms with Gasteiger partial charge < -0.3 is 4.90 Å². The fourth-order valence-corrected chi connectivity index (χ4v) is 1.61. The highest BCUT2D eigenvalue weighted by atomic mass is 16.2. The Balaban J connectivity index is 2.27. The van der Waals surface area contributed by atoms with Crippen LogP contribution in [0.3, 0.4) is 0 Å². The molecule has 0 aromatic rings. The van der Waals surface area contributed by atoms with Crippen LogP contribution < -0.4 is 0 Å². The molecule has 0 N–H and O–H groups in total. The second-order valence-corrected chi connectivity index (χ2v) is 3.17. The highest BCUT2D eigenvalue weighted by molar-refractivity contribution is 5.93. The Bertz CT molecular complexity index is 304. The van der Waals surface area contributed by atoms with Gasteiger partial charge in [-0.15, -0.1) is 0 Å². The van der Waals surface area contributed by atoms with E-state index in [1.807, 2.05) is 31.2 Å². The third kappa shape index (κ3) is 1.30. The number of amides is 1. The van der Waals surface area contributed by atoms with Gasteiger partial charge in [-0.1, -0.05) is 24.3 Å². The number of rotatable bonds is 1. The van der Waals surface area contributed by atoms with Gasteiger partial charge in [0.1, 0.15) is 0 Å². The molecule has 1 heterocycles. The minimum absolute atomic E-state index is 0.0281. The molecule has 2 rings (SSSR count). The maximum atomic E-state index is 11.7. The molecule has 0 radical (unpaired) electrons. The van der Waals surface area contributed by atoms with Crippen molar-refractivity contribution in [3.05, 3.63) is 24.3 Å². The van der Waals surface area contributed by atoms with Gasteiger partial charge in [0.05, 0.1) is 18.3 Å². The minimum atomic E-state index is -0.0741. The molecule has 13 heavy (non-hydrogen) atoms. The first-order valence-corrected chi connectivity index (χ1v) is 4.51. The van der Waals surface area contributed by atoms with Crippen molar-refractivity contribution >= 4 is 12.2 Å². The van der Waals surface area contributed by atoms with Crippen molar-refractivity contribution in [2.45, 2.75) is 13.0 Å². The van der Waals surface area contributed by atoms with Crippen LogP contribution in [0.4, 0.5) is 0 Å². The van der Waals surface area contributed by atoms with Gasteiger partial charge in [0.2, 0.25) is 5.91 Å². The van der Waals surface area contributed by atoms with Crippen molar-refractivity contribution in [3.63, 3.8) is 0 Å². The molecule has 0 aromatic carbocycles. The normalized spacial score (nSPS) is 30.8. The number of carbonyl (C=O) groups excluding carboxylic acids is 1. The second-order valence-electron chi connectivity index (χ2n) is 3.17. The van der Waals surface area contributed by atoms with Crippen LogP contribution in [0.25, 0.3) is 0 Å². The van der Waals surface area contributed by atoms with E-state index < -0.39 is 0 Å². The second kappa shape index (κ2) is 3.17. The molecule has 1 amide bonds. The summed E-state index contributed by atoms with van der Waals surface area (Å²) >= 11 is 0. The lowest BCUT2D eigenvalue weighted by atomic mass is 9.93. The van der Waals surface area contributed by atoms with E-state index in [0.717, 1.165) is 0 Å². The third-order valence-electron chi connectivity index (χ3n) is 2.39. The number of allylic oxidation sites excluding steroid dienone is 2. The van der Waals surface area contributed by atoms with Gasteiger partial charge in [0.15, 0.2) is 0 Å². The highest BCUT2D eigenvalue weighted by Crippen LogP contribution is 2.21. The molecule has 2 atom stereocenters. The zero-order chi connectivity index (χ0) is 9.26. The Morgan fingerprint density at radius 3 is 3.00 bits per heavy atom. The highest BCUT2D eigenvalue weighted by Gasteiger charge is 2.31. The predicted molar refractivity (Wildman–Crippen MR) is 51.4 cm³/mol. The van der Waals surface area contributed by atoms with Crippen LogP contribution in [0.15, 0.2) is 29.3 Å². The molecular formula is C10H12N2O. The van der Waals surface area contributed by atoms with Crippen LogP contribution in [-0.2, 0) is 4.79 Å². The van der Waals surface area contributed by atoms with Crippen LogP contribution in [0.2, 0.25) is 0 Å². The van der Waals surface area contributed by atoms with Gasteiger partial charge in [0, 0.05) is 6.54 Å². The van der Waals surface area contributed by atoms with Gasteiger partial charge in [-0.25, -0.2) is 0 Å². The molecule has 0 bridgehead atoms. The standard InChI is InChI=1S/C10H12N2O/c1-2-12-7-11-9-6-4-3-5-8(9)10(12)13/h3-9H,2H2,1H3. The fraction of sp³-hybridized carbons (Fsp3) is 0.400. The monoisotopic (exact) mass is 176 g/mol. The summed E-state index contributed by atoms with van der Waals surface area (Å²) in [7, 11) is 0. The Kier molecular flexibility index (Phi) is 2.00. The van der Waals surface area contributed by atoms with Gasteiger partial charge in [-0.05, 0) is 6.92 Å².